The third-order valence-corrected chi connectivity index (χ3v) is 5.11. The lowest BCUT2D eigenvalue weighted by Gasteiger charge is -2.16. The van der Waals surface area contributed by atoms with Gasteiger partial charge in [-0.05, 0) is 52.0 Å². The van der Waals surface area contributed by atoms with Gasteiger partial charge in [-0.3, -0.25) is 9.59 Å². The van der Waals surface area contributed by atoms with Crippen LogP contribution in [0.4, 0.5) is 0 Å². The van der Waals surface area contributed by atoms with E-state index < -0.39 is 5.97 Å². The lowest BCUT2D eigenvalue weighted by molar-refractivity contribution is -0.135. The number of hydrogen-bond acceptors (Lipinski definition) is 5. The van der Waals surface area contributed by atoms with Gasteiger partial charge in [-0.15, -0.1) is 0 Å². The zero-order valence-corrected chi connectivity index (χ0v) is 23.0. The van der Waals surface area contributed by atoms with Crippen LogP contribution < -0.4 is 10.6 Å². The number of allylic oxidation sites excluding steroid dienone is 10. The first-order chi connectivity index (χ1) is 18.0. The van der Waals surface area contributed by atoms with Gasteiger partial charge in [0.2, 0.25) is 11.8 Å². The van der Waals surface area contributed by atoms with E-state index in [1.165, 1.54) is 7.11 Å². The van der Waals surface area contributed by atoms with Crippen LogP contribution in [0, 0.1) is 0 Å². The highest BCUT2D eigenvalue weighted by Gasteiger charge is 2.03. The van der Waals surface area contributed by atoms with E-state index in [4.69, 9.17) is 0 Å². The van der Waals surface area contributed by atoms with Crippen LogP contribution in [0.15, 0.2) is 72.9 Å². The fourth-order valence-corrected chi connectivity index (χ4v) is 2.98. The van der Waals surface area contributed by atoms with Crippen LogP contribution in [0.5, 0.6) is 0 Å². The largest absolute Gasteiger partial charge is 0.466 e. The molecule has 2 N–H and O–H groups in total. The van der Waals surface area contributed by atoms with Crippen LogP contribution in [0.3, 0.4) is 0 Å². The summed E-state index contributed by atoms with van der Waals surface area (Å²) in [5, 5.41) is 5.61. The van der Waals surface area contributed by atoms with Crippen molar-refractivity contribution in [3.63, 3.8) is 0 Å². The monoisotopic (exact) mass is 513 g/mol. The summed E-state index contributed by atoms with van der Waals surface area (Å²) in [6.45, 7) is 4.48. The summed E-state index contributed by atoms with van der Waals surface area (Å²) in [5.74, 6) is -0.859. The number of likely N-dealkylation sites (N-methyl/N-ethyl adjacent to an activating group) is 1. The molecule has 0 atom stereocenters. The normalized spacial score (nSPS) is 12.3. The van der Waals surface area contributed by atoms with Crippen LogP contribution in [0.25, 0.3) is 0 Å². The molecule has 0 unspecified atom stereocenters. The van der Waals surface area contributed by atoms with E-state index >= 15 is 0 Å². The Morgan fingerprint density at radius 2 is 1.24 bits per heavy atom. The quantitative estimate of drug-likeness (QED) is 0.0996. The van der Waals surface area contributed by atoms with E-state index in [9.17, 15) is 14.4 Å². The van der Waals surface area contributed by atoms with Crippen molar-refractivity contribution >= 4 is 17.8 Å². The number of rotatable bonds is 21. The van der Waals surface area contributed by atoms with Gasteiger partial charge in [-0.1, -0.05) is 67.7 Å². The smallest absolute Gasteiger partial charge is 0.330 e. The predicted molar refractivity (Wildman–Crippen MR) is 153 cm³/mol. The van der Waals surface area contributed by atoms with Gasteiger partial charge in [0.15, 0.2) is 0 Å². The van der Waals surface area contributed by atoms with Gasteiger partial charge in [0.25, 0.3) is 0 Å². The van der Waals surface area contributed by atoms with E-state index in [0.29, 0.717) is 32.6 Å². The second kappa shape index (κ2) is 25.9. The third kappa shape index (κ3) is 25.7. The number of esters is 1. The number of ether oxygens (including phenoxy) is 1. The van der Waals surface area contributed by atoms with Crippen LogP contribution >= 0.6 is 0 Å². The van der Waals surface area contributed by atoms with Crippen molar-refractivity contribution in [3.8, 4) is 0 Å². The molecule has 0 aromatic carbocycles. The van der Waals surface area contributed by atoms with E-state index in [1.807, 2.05) is 11.9 Å². The van der Waals surface area contributed by atoms with E-state index in [-0.39, 0.29) is 11.8 Å². The standard InChI is InChI=1S/C30H47N3O4/c1-4-5-6-7-8-9-10-11-12-13-14-15-16-17-18-19-20-21-28(34)31-24-26-33(2)27-25-32-29(35)22-23-30(36)37-3/h5-6,8-9,11-12,14-15,17-18,22-23H,4,7,10,13,16,19-21,24-27H2,1-3H3,(H,31,34)(H,32,35). The average Bonchev–Trinajstić information content (AvgIpc) is 2.89. The van der Waals surface area contributed by atoms with E-state index in [1.54, 1.807) is 0 Å². The Hall–Kier alpha value is -3.19. The van der Waals surface area contributed by atoms with Gasteiger partial charge in [-0.25, -0.2) is 4.79 Å². The maximum atomic E-state index is 12.0. The first-order valence-electron chi connectivity index (χ1n) is 13.2. The number of hydrogen-bond donors (Lipinski definition) is 2. The minimum Gasteiger partial charge on any atom is -0.466 e. The molecule has 206 valence electrons. The number of nitrogens with zero attached hydrogens (tertiary/aromatic N) is 1. The molecule has 0 aromatic heterocycles. The maximum Gasteiger partial charge on any atom is 0.330 e. The Morgan fingerprint density at radius 1 is 0.730 bits per heavy atom. The minimum absolute atomic E-state index is 0.0574. The lowest BCUT2D eigenvalue weighted by Crippen LogP contribution is -2.37. The zero-order valence-electron chi connectivity index (χ0n) is 23.0. The number of nitrogens with one attached hydrogen (secondary N) is 2. The van der Waals surface area contributed by atoms with Crippen molar-refractivity contribution in [2.24, 2.45) is 0 Å². The molecular formula is C30H47N3O4. The van der Waals surface area contributed by atoms with Gasteiger partial charge >= 0.3 is 5.97 Å². The molecule has 0 bridgehead atoms. The topological polar surface area (TPSA) is 87.7 Å². The van der Waals surface area contributed by atoms with Gasteiger partial charge in [0, 0.05) is 44.8 Å². The highest BCUT2D eigenvalue weighted by molar-refractivity contribution is 5.94. The van der Waals surface area contributed by atoms with Gasteiger partial charge in [-0.2, -0.15) is 0 Å². The van der Waals surface area contributed by atoms with Gasteiger partial charge < -0.3 is 20.3 Å². The van der Waals surface area contributed by atoms with Crippen molar-refractivity contribution in [2.45, 2.75) is 58.3 Å². The SMILES string of the molecule is CCC=CCC=CCC=CCC=CCC=CCCCC(=O)NCCN(C)CCNC(=O)C=CC(=O)OC. The number of carbonyl (C=O) groups excluding carboxylic acids is 3. The third-order valence-electron chi connectivity index (χ3n) is 5.11. The zero-order chi connectivity index (χ0) is 27.4. The molecule has 0 rings (SSSR count). The fraction of sp³-hybridized carbons (Fsp3) is 0.500. The molecule has 2 amide bonds. The van der Waals surface area contributed by atoms with Crippen LogP contribution in [0.2, 0.25) is 0 Å². The molecule has 37 heavy (non-hydrogen) atoms. The summed E-state index contributed by atoms with van der Waals surface area (Å²) >= 11 is 0. The Labute approximate surface area is 224 Å². The lowest BCUT2D eigenvalue weighted by atomic mass is 10.2. The first kappa shape index (κ1) is 33.8. The summed E-state index contributed by atoms with van der Waals surface area (Å²) in [7, 11) is 3.18. The molecule has 0 fully saturated rings. The summed E-state index contributed by atoms with van der Waals surface area (Å²) in [6, 6.07) is 0. The Kier molecular flexibility index (Phi) is 23.7. The predicted octanol–water partition coefficient (Wildman–Crippen LogP) is 4.80. The summed E-state index contributed by atoms with van der Waals surface area (Å²) in [4.78, 5) is 36.5. The molecule has 0 aliphatic carbocycles. The van der Waals surface area contributed by atoms with Crippen molar-refractivity contribution in [2.75, 3.05) is 40.3 Å². The van der Waals surface area contributed by atoms with Crippen LogP contribution in [-0.2, 0) is 19.1 Å². The first-order valence-corrected chi connectivity index (χ1v) is 13.2. The molecule has 0 radical (unpaired) electrons. The molecule has 0 spiro atoms. The number of amides is 2. The summed E-state index contributed by atoms with van der Waals surface area (Å²) in [6.07, 6.45) is 31.2. The van der Waals surface area contributed by atoms with Crippen molar-refractivity contribution in [1.29, 1.82) is 0 Å². The maximum absolute atomic E-state index is 12.0. The number of carbonyl (C=O) groups is 3. The fourth-order valence-electron chi connectivity index (χ4n) is 2.98. The molecule has 7 nitrogen and oxygen atoms in total. The Bertz CT molecular complexity index is 795. The van der Waals surface area contributed by atoms with E-state index in [2.05, 4.69) is 83.1 Å². The van der Waals surface area contributed by atoms with Crippen LogP contribution in [0.1, 0.15) is 58.3 Å². The summed E-state index contributed by atoms with van der Waals surface area (Å²) < 4.78 is 4.43. The van der Waals surface area contributed by atoms with Gasteiger partial charge in [0.1, 0.15) is 0 Å². The molecule has 0 saturated heterocycles. The average molecular weight is 514 g/mol. The number of unbranched alkanes of at least 4 members (excludes halogenated alkanes) is 1. The minimum atomic E-state index is -0.569. The molecule has 0 aliphatic rings. The van der Waals surface area contributed by atoms with Crippen molar-refractivity contribution in [1.82, 2.24) is 15.5 Å². The van der Waals surface area contributed by atoms with Crippen molar-refractivity contribution < 1.29 is 19.1 Å². The molecule has 0 aromatic rings. The summed E-state index contributed by atoms with van der Waals surface area (Å²) in [5.41, 5.74) is 0. The molecule has 0 aliphatic heterocycles. The van der Waals surface area contributed by atoms with Crippen molar-refractivity contribution in [3.05, 3.63) is 72.9 Å². The molecule has 0 saturated carbocycles. The van der Waals surface area contributed by atoms with Crippen LogP contribution in [-0.4, -0.2) is 63.0 Å². The second-order valence-corrected chi connectivity index (χ2v) is 8.40. The highest BCUT2D eigenvalue weighted by atomic mass is 16.5. The second-order valence-electron chi connectivity index (χ2n) is 8.40. The van der Waals surface area contributed by atoms with Gasteiger partial charge in [0.05, 0.1) is 7.11 Å². The Balaban J connectivity index is 3.67. The highest BCUT2D eigenvalue weighted by Crippen LogP contribution is 1.99. The number of methoxy groups -OCH3 is 1. The molecule has 7 heteroatoms. The molecular weight excluding hydrogens is 466 g/mol. The molecule has 0 heterocycles. The van der Waals surface area contributed by atoms with E-state index in [0.717, 1.165) is 57.1 Å². The Morgan fingerprint density at radius 3 is 1.78 bits per heavy atom.